The summed E-state index contributed by atoms with van der Waals surface area (Å²) in [5.74, 6) is 0. The zero-order chi connectivity index (χ0) is 22.4. The van der Waals surface area contributed by atoms with Crippen molar-refractivity contribution in [1.29, 1.82) is 0 Å². The van der Waals surface area contributed by atoms with Crippen LogP contribution in [0.2, 0.25) is 0 Å². The van der Waals surface area contributed by atoms with Crippen LogP contribution in [0.1, 0.15) is 22.3 Å². The Kier molecular flexibility index (Phi) is 8.09. The third-order valence-electron chi connectivity index (χ3n) is 4.26. The molecule has 0 aliphatic heterocycles. The van der Waals surface area contributed by atoms with E-state index in [1.165, 1.54) is 0 Å². The third-order valence-corrected chi connectivity index (χ3v) is 5.87. The molecule has 0 radical (unpaired) electrons. The maximum atomic E-state index is 11.0. The second-order valence-corrected chi connectivity index (χ2v) is 10.1. The minimum absolute atomic E-state index is 0.0259. The number of rotatable bonds is 9. The molecule has 0 aliphatic carbocycles. The van der Waals surface area contributed by atoms with Crippen molar-refractivity contribution in [2.45, 2.75) is 12.8 Å². The lowest BCUT2D eigenvalue weighted by Gasteiger charge is -2.10. The number of nitrogens with zero attached hydrogens (tertiary/aromatic N) is 2. The smallest absolute Gasteiger partial charge is 0.325 e. The van der Waals surface area contributed by atoms with E-state index >= 15 is 0 Å². The van der Waals surface area contributed by atoms with Gasteiger partial charge in [-0.25, -0.2) is 0 Å². The topological polar surface area (TPSA) is 180 Å². The number of benzene rings is 2. The summed E-state index contributed by atoms with van der Waals surface area (Å²) >= 11 is 0. The van der Waals surface area contributed by atoms with Crippen LogP contribution in [0.25, 0.3) is 0 Å². The van der Waals surface area contributed by atoms with Gasteiger partial charge in [0.05, 0.1) is 12.3 Å². The van der Waals surface area contributed by atoms with E-state index in [2.05, 4.69) is 10.3 Å². The average molecular weight is 456 g/mol. The van der Waals surface area contributed by atoms with Crippen molar-refractivity contribution in [2.75, 3.05) is 12.3 Å². The molecule has 0 spiro atoms. The molecule has 30 heavy (non-hydrogen) atoms. The summed E-state index contributed by atoms with van der Waals surface area (Å²) in [7, 11) is -8.21. The van der Waals surface area contributed by atoms with Crippen LogP contribution in [0.5, 0.6) is 0 Å². The molecule has 2 aromatic rings. The molecule has 0 amide bonds. The fourth-order valence-electron chi connectivity index (χ4n) is 2.69. The van der Waals surface area contributed by atoms with E-state index in [4.69, 9.17) is 19.6 Å². The fraction of sp³-hybridized carbons (Fsp3) is 0.222. The molecule has 10 nitrogen and oxygen atoms in total. The Bertz CT molecular complexity index is 924. The van der Waals surface area contributed by atoms with E-state index in [9.17, 15) is 19.5 Å². The molecule has 0 unspecified atom stereocenters. The summed E-state index contributed by atoms with van der Waals surface area (Å²) in [4.78, 5) is 35.8. The van der Waals surface area contributed by atoms with Crippen LogP contribution < -0.4 is 0 Å². The predicted octanol–water partition coefficient (Wildman–Crippen LogP) is 2.18. The number of oxime groups is 2. The first-order valence-electron chi connectivity index (χ1n) is 8.74. The van der Waals surface area contributed by atoms with E-state index in [0.717, 1.165) is 0 Å². The Morgan fingerprint density at radius 1 is 0.633 bits per heavy atom. The minimum Gasteiger partial charge on any atom is -0.410 e. The molecule has 0 saturated carbocycles. The van der Waals surface area contributed by atoms with Crippen molar-refractivity contribution < 1.29 is 39.1 Å². The Morgan fingerprint density at radius 2 is 0.933 bits per heavy atom. The van der Waals surface area contributed by atoms with Crippen LogP contribution >= 0.6 is 15.2 Å². The Balaban J connectivity index is 2.18. The lowest BCUT2D eigenvalue weighted by Crippen LogP contribution is -2.17. The number of hydrogen-bond donors (Lipinski definition) is 6. The van der Waals surface area contributed by atoms with Crippen LogP contribution in [-0.4, -0.2) is 53.7 Å². The number of hydrogen-bond acceptors (Lipinski definition) is 6. The highest BCUT2D eigenvalue weighted by molar-refractivity contribution is 7.52. The van der Waals surface area contributed by atoms with Crippen LogP contribution in [0.15, 0.2) is 58.8 Å². The summed E-state index contributed by atoms with van der Waals surface area (Å²) < 4.78 is 22.0. The van der Waals surface area contributed by atoms with Gasteiger partial charge >= 0.3 is 15.2 Å². The zero-order valence-electron chi connectivity index (χ0n) is 15.7. The van der Waals surface area contributed by atoms with Crippen molar-refractivity contribution in [3.8, 4) is 0 Å². The summed E-state index contributed by atoms with van der Waals surface area (Å²) in [6.45, 7) is 0. The van der Waals surface area contributed by atoms with Gasteiger partial charge in [0, 0.05) is 11.1 Å². The van der Waals surface area contributed by atoms with Gasteiger partial charge in [0.25, 0.3) is 0 Å². The fourth-order valence-corrected chi connectivity index (χ4v) is 3.79. The molecule has 0 aromatic heterocycles. The van der Waals surface area contributed by atoms with Gasteiger partial charge in [-0.05, 0) is 24.0 Å². The summed E-state index contributed by atoms with van der Waals surface area (Å²) in [5.41, 5.74) is 2.13. The molecule has 0 saturated heterocycles. The molecule has 0 heterocycles. The third kappa shape index (κ3) is 7.50. The monoisotopic (exact) mass is 456 g/mol. The van der Waals surface area contributed by atoms with Crippen molar-refractivity contribution >= 4 is 26.6 Å². The van der Waals surface area contributed by atoms with Crippen molar-refractivity contribution in [3.05, 3.63) is 70.8 Å². The van der Waals surface area contributed by atoms with Gasteiger partial charge in [0.15, 0.2) is 0 Å². The first-order chi connectivity index (χ1) is 14.0. The summed E-state index contributed by atoms with van der Waals surface area (Å²) in [5, 5.41) is 25.3. The zero-order valence-corrected chi connectivity index (χ0v) is 17.5. The first-order valence-corrected chi connectivity index (χ1v) is 12.3. The van der Waals surface area contributed by atoms with Crippen LogP contribution in [0.3, 0.4) is 0 Å². The van der Waals surface area contributed by atoms with Crippen molar-refractivity contribution in [3.63, 3.8) is 0 Å². The normalized spacial score (nSPS) is 13.5. The van der Waals surface area contributed by atoms with E-state index in [1.54, 1.807) is 48.5 Å². The second kappa shape index (κ2) is 10.1. The molecular formula is C18H22N2O8P2. The molecule has 6 N–H and O–H groups in total. The highest BCUT2D eigenvalue weighted by Crippen LogP contribution is 2.35. The molecular weight excluding hydrogens is 434 g/mol. The van der Waals surface area contributed by atoms with Gasteiger partial charge in [0.1, 0.15) is 11.4 Å². The highest BCUT2D eigenvalue weighted by Gasteiger charge is 2.18. The summed E-state index contributed by atoms with van der Waals surface area (Å²) in [6, 6.07) is 12.8. The van der Waals surface area contributed by atoms with Gasteiger partial charge in [-0.1, -0.05) is 58.8 Å². The molecule has 2 rings (SSSR count). The molecule has 2 aromatic carbocycles. The van der Waals surface area contributed by atoms with Gasteiger partial charge < -0.3 is 30.0 Å². The van der Waals surface area contributed by atoms with E-state index < -0.39 is 15.2 Å². The lowest BCUT2D eigenvalue weighted by molar-refractivity contribution is 0.314. The Hall–Kier alpha value is -2.32. The largest absolute Gasteiger partial charge is 0.410 e. The second-order valence-electron chi connectivity index (χ2n) is 6.57. The Labute approximate surface area is 172 Å². The molecule has 12 heteroatoms. The van der Waals surface area contributed by atoms with Gasteiger partial charge in [-0.3, -0.25) is 9.13 Å². The van der Waals surface area contributed by atoms with E-state index in [0.29, 0.717) is 22.3 Å². The summed E-state index contributed by atoms with van der Waals surface area (Å²) in [6.07, 6.45) is -0.226. The maximum Gasteiger partial charge on any atom is 0.325 e. The van der Waals surface area contributed by atoms with Gasteiger partial charge in [-0.2, -0.15) is 0 Å². The SMILES string of the molecule is O=P(O)(O)CCc1ccc(C(=N/O)/C(=N/O)c2ccc(CCP(=O)(O)O)cc2)cc1. The lowest BCUT2D eigenvalue weighted by atomic mass is 9.97. The van der Waals surface area contributed by atoms with Crippen LogP contribution in [0, 0.1) is 0 Å². The van der Waals surface area contributed by atoms with Crippen LogP contribution in [-0.2, 0) is 22.0 Å². The van der Waals surface area contributed by atoms with Gasteiger partial charge in [0.2, 0.25) is 0 Å². The molecule has 0 bridgehead atoms. The van der Waals surface area contributed by atoms with E-state index in [-0.39, 0.29) is 36.6 Å². The number of aryl methyl sites for hydroxylation is 2. The quantitative estimate of drug-likeness (QED) is 0.144. The molecule has 0 aliphatic rings. The van der Waals surface area contributed by atoms with E-state index in [1.807, 2.05) is 0 Å². The van der Waals surface area contributed by atoms with Gasteiger partial charge in [-0.15, -0.1) is 0 Å². The maximum absolute atomic E-state index is 11.0. The minimum atomic E-state index is -4.11. The molecule has 162 valence electrons. The average Bonchev–Trinajstić information content (AvgIpc) is 2.69. The Morgan fingerprint density at radius 3 is 1.17 bits per heavy atom. The van der Waals surface area contributed by atoms with Crippen LogP contribution in [0.4, 0.5) is 0 Å². The standard InChI is InChI=1S/C18H22N2O8P2/c21-19-17(15-5-1-13(2-6-15)9-11-29(23,24)25)18(20-22)16-7-3-14(4-8-16)10-12-30(26,27)28/h1-8,21-22H,9-12H2,(H2,23,24,25)(H2,26,27,28)/b19-17-,20-18+. The molecule has 0 atom stereocenters. The van der Waals surface area contributed by atoms with Crippen molar-refractivity contribution in [2.24, 2.45) is 10.3 Å². The highest BCUT2D eigenvalue weighted by atomic mass is 31.2. The van der Waals surface area contributed by atoms with Crippen molar-refractivity contribution in [1.82, 2.24) is 0 Å². The first kappa shape index (κ1) is 24.0. The predicted molar refractivity (Wildman–Crippen MR) is 111 cm³/mol. The molecule has 0 fully saturated rings.